The molecule has 6 nitrogen and oxygen atoms in total. The largest absolute Gasteiger partial charge is 0.493 e. The van der Waals surface area contributed by atoms with Gasteiger partial charge >= 0.3 is 5.97 Å². The van der Waals surface area contributed by atoms with E-state index in [1.165, 1.54) is 11.4 Å². The summed E-state index contributed by atoms with van der Waals surface area (Å²) in [4.78, 5) is 12.4. The van der Waals surface area contributed by atoms with Gasteiger partial charge in [-0.15, -0.1) is 0 Å². The molecule has 0 radical (unpaired) electrons. The van der Waals surface area contributed by atoms with E-state index in [1.54, 1.807) is 24.3 Å². The molecule has 1 aliphatic rings. The molecule has 0 unspecified atom stereocenters. The Morgan fingerprint density at radius 2 is 2.00 bits per heavy atom. The minimum atomic E-state index is -3.30. The van der Waals surface area contributed by atoms with E-state index in [2.05, 4.69) is 0 Å². The van der Waals surface area contributed by atoms with Crippen molar-refractivity contribution in [3.63, 3.8) is 0 Å². The maximum Gasteiger partial charge on any atom is 0.315 e. The number of ether oxygens (including phenoxy) is 2. The van der Waals surface area contributed by atoms with Gasteiger partial charge in [0, 0.05) is 13.1 Å². The molecular formula is C17H25NO5S. The van der Waals surface area contributed by atoms with Crippen LogP contribution in [0, 0.1) is 5.92 Å². The molecule has 0 aromatic heterocycles. The predicted octanol–water partition coefficient (Wildman–Crippen LogP) is 2.44. The molecule has 0 bridgehead atoms. The van der Waals surface area contributed by atoms with Gasteiger partial charge in [-0.05, 0) is 31.4 Å². The minimum Gasteiger partial charge on any atom is -0.493 e. The number of carbonyl (C=O) groups is 1. The molecule has 7 heteroatoms. The normalized spacial score (nSPS) is 19.0. The highest BCUT2D eigenvalue weighted by molar-refractivity contribution is 7.89. The van der Waals surface area contributed by atoms with Crippen LogP contribution >= 0.6 is 0 Å². The third-order valence-corrected chi connectivity index (χ3v) is 6.07. The van der Waals surface area contributed by atoms with Crippen LogP contribution in [0.4, 0.5) is 0 Å². The van der Waals surface area contributed by atoms with Crippen molar-refractivity contribution in [2.75, 3.05) is 26.0 Å². The number of benzene rings is 1. The minimum absolute atomic E-state index is 0.137. The summed E-state index contributed by atoms with van der Waals surface area (Å²) in [5.74, 6) is 0.123. The van der Waals surface area contributed by atoms with Crippen LogP contribution in [0.3, 0.4) is 0 Å². The third-order valence-electron chi connectivity index (χ3n) is 4.15. The molecule has 2 rings (SSSR count). The Balaban J connectivity index is 2.02. The van der Waals surface area contributed by atoms with Crippen molar-refractivity contribution < 1.29 is 22.7 Å². The summed E-state index contributed by atoms with van der Waals surface area (Å²) in [6.45, 7) is 2.63. The molecule has 0 spiro atoms. The lowest BCUT2D eigenvalue weighted by Crippen LogP contribution is -2.44. The van der Waals surface area contributed by atoms with Gasteiger partial charge in [-0.2, -0.15) is 0 Å². The molecule has 0 saturated carbocycles. The van der Waals surface area contributed by atoms with Crippen molar-refractivity contribution in [3.05, 3.63) is 24.3 Å². The number of esters is 1. The average molecular weight is 355 g/mol. The molecule has 1 atom stereocenters. The predicted molar refractivity (Wildman–Crippen MR) is 91.6 cm³/mol. The second-order valence-corrected chi connectivity index (χ2v) is 8.03. The van der Waals surface area contributed by atoms with Crippen LogP contribution in [0.2, 0.25) is 0 Å². The molecule has 0 N–H and O–H groups in total. The fourth-order valence-corrected chi connectivity index (χ4v) is 4.46. The first-order valence-corrected chi connectivity index (χ1v) is 9.91. The van der Waals surface area contributed by atoms with Crippen LogP contribution in [0.5, 0.6) is 11.5 Å². The van der Waals surface area contributed by atoms with Gasteiger partial charge in [0.2, 0.25) is 10.0 Å². The number of sulfonamides is 1. The van der Waals surface area contributed by atoms with Crippen LogP contribution in [0.15, 0.2) is 24.3 Å². The fraction of sp³-hybridized carbons (Fsp3) is 0.588. The molecule has 1 fully saturated rings. The van der Waals surface area contributed by atoms with Crippen LogP contribution in [-0.4, -0.2) is 44.6 Å². The van der Waals surface area contributed by atoms with Gasteiger partial charge in [-0.25, -0.2) is 12.7 Å². The van der Waals surface area contributed by atoms with Crippen LogP contribution < -0.4 is 9.47 Å². The monoisotopic (exact) mass is 355 g/mol. The Morgan fingerprint density at radius 1 is 1.29 bits per heavy atom. The number of hydrogen-bond donors (Lipinski definition) is 0. The number of methoxy groups -OCH3 is 1. The van der Waals surface area contributed by atoms with Gasteiger partial charge in [-0.3, -0.25) is 4.79 Å². The maximum atomic E-state index is 12.4. The Hall–Kier alpha value is -1.60. The Labute approximate surface area is 143 Å². The molecular weight excluding hydrogens is 330 g/mol. The Bertz CT molecular complexity index is 659. The molecule has 0 aliphatic carbocycles. The van der Waals surface area contributed by atoms with E-state index < -0.39 is 21.9 Å². The topological polar surface area (TPSA) is 72.9 Å². The van der Waals surface area contributed by atoms with Gasteiger partial charge in [0.15, 0.2) is 11.5 Å². The van der Waals surface area contributed by atoms with Gasteiger partial charge in [0.05, 0.1) is 18.8 Å². The van der Waals surface area contributed by atoms with Crippen molar-refractivity contribution in [2.24, 2.45) is 5.92 Å². The van der Waals surface area contributed by atoms with Crippen molar-refractivity contribution >= 4 is 16.0 Å². The van der Waals surface area contributed by atoms with E-state index in [0.717, 1.165) is 6.42 Å². The van der Waals surface area contributed by atoms with Crippen LogP contribution in [0.1, 0.15) is 32.6 Å². The lowest BCUT2D eigenvalue weighted by molar-refractivity contribution is -0.140. The molecule has 0 amide bonds. The number of para-hydroxylation sites is 2. The molecule has 1 aromatic carbocycles. The smallest absolute Gasteiger partial charge is 0.315 e. The van der Waals surface area contributed by atoms with Crippen molar-refractivity contribution in [2.45, 2.75) is 32.6 Å². The summed E-state index contributed by atoms with van der Waals surface area (Å²) >= 11 is 0. The first kappa shape index (κ1) is 18.7. The summed E-state index contributed by atoms with van der Waals surface area (Å²) < 4.78 is 36.7. The first-order chi connectivity index (χ1) is 11.5. The zero-order chi connectivity index (χ0) is 17.6. The molecule has 24 heavy (non-hydrogen) atoms. The lowest BCUT2D eigenvalue weighted by atomic mass is 10.00. The highest BCUT2D eigenvalue weighted by Gasteiger charge is 2.33. The number of hydrogen-bond acceptors (Lipinski definition) is 5. The molecule has 1 heterocycles. The van der Waals surface area contributed by atoms with Gasteiger partial charge in [-0.1, -0.05) is 25.5 Å². The third kappa shape index (κ3) is 4.70. The van der Waals surface area contributed by atoms with E-state index >= 15 is 0 Å². The SMILES string of the molecule is CCCCS(=O)(=O)N1CCC[C@H](C(=O)Oc2ccccc2OC)C1. The summed E-state index contributed by atoms with van der Waals surface area (Å²) in [6.07, 6.45) is 2.76. The van der Waals surface area contributed by atoms with Gasteiger partial charge in [0.1, 0.15) is 0 Å². The number of piperidine rings is 1. The highest BCUT2D eigenvalue weighted by atomic mass is 32.2. The zero-order valence-corrected chi connectivity index (χ0v) is 15.0. The number of rotatable bonds is 7. The van der Waals surface area contributed by atoms with E-state index in [4.69, 9.17) is 9.47 Å². The lowest BCUT2D eigenvalue weighted by Gasteiger charge is -2.30. The standard InChI is InChI=1S/C17H25NO5S/c1-3-4-12-24(20,21)18-11-7-8-14(13-18)17(19)23-16-10-6-5-9-15(16)22-2/h5-6,9-10,14H,3-4,7-8,11-13H2,1-2H3/t14-/m0/s1. The second-order valence-electron chi connectivity index (χ2n) is 5.94. The number of carbonyl (C=O) groups excluding carboxylic acids is 1. The van der Waals surface area contributed by atoms with Gasteiger partial charge < -0.3 is 9.47 Å². The van der Waals surface area contributed by atoms with E-state index in [0.29, 0.717) is 37.3 Å². The summed E-state index contributed by atoms with van der Waals surface area (Å²) in [6, 6.07) is 6.92. The number of nitrogens with zero attached hydrogens (tertiary/aromatic N) is 1. The van der Waals surface area contributed by atoms with E-state index in [1.807, 2.05) is 6.92 Å². The van der Waals surface area contributed by atoms with Crippen LogP contribution in [-0.2, 0) is 14.8 Å². The second kappa shape index (κ2) is 8.48. The first-order valence-electron chi connectivity index (χ1n) is 8.30. The molecule has 134 valence electrons. The molecule has 1 saturated heterocycles. The van der Waals surface area contributed by atoms with E-state index in [9.17, 15) is 13.2 Å². The van der Waals surface area contributed by atoms with Gasteiger partial charge in [0.25, 0.3) is 0 Å². The average Bonchev–Trinajstić information content (AvgIpc) is 2.60. The maximum absolute atomic E-state index is 12.4. The van der Waals surface area contributed by atoms with Crippen LogP contribution in [0.25, 0.3) is 0 Å². The summed E-state index contributed by atoms with van der Waals surface area (Å²) in [5.41, 5.74) is 0. The number of unbranched alkanes of at least 4 members (excludes halogenated alkanes) is 1. The summed E-state index contributed by atoms with van der Waals surface area (Å²) in [7, 11) is -1.79. The highest BCUT2D eigenvalue weighted by Crippen LogP contribution is 2.28. The van der Waals surface area contributed by atoms with Crippen molar-refractivity contribution in [1.29, 1.82) is 0 Å². The summed E-state index contributed by atoms with van der Waals surface area (Å²) in [5, 5.41) is 0. The zero-order valence-electron chi connectivity index (χ0n) is 14.2. The molecule has 1 aromatic rings. The fourth-order valence-electron chi connectivity index (χ4n) is 2.74. The van der Waals surface area contributed by atoms with Crippen molar-refractivity contribution in [1.82, 2.24) is 4.31 Å². The van der Waals surface area contributed by atoms with E-state index in [-0.39, 0.29) is 12.3 Å². The Morgan fingerprint density at radius 3 is 2.67 bits per heavy atom. The Kier molecular flexibility index (Phi) is 6.62. The van der Waals surface area contributed by atoms with Crippen molar-refractivity contribution in [3.8, 4) is 11.5 Å². The quantitative estimate of drug-likeness (QED) is 0.555. The molecule has 1 aliphatic heterocycles.